The van der Waals surface area contributed by atoms with Crippen LogP contribution in [0.3, 0.4) is 0 Å². The lowest BCUT2D eigenvalue weighted by Crippen LogP contribution is -2.42. The molecule has 0 unspecified atom stereocenters. The van der Waals surface area contributed by atoms with Crippen LogP contribution in [0.2, 0.25) is 0 Å². The summed E-state index contributed by atoms with van der Waals surface area (Å²) in [5, 5.41) is 13.5. The molecule has 3 heterocycles. The van der Waals surface area contributed by atoms with Gasteiger partial charge in [0, 0.05) is 31.4 Å². The van der Waals surface area contributed by atoms with Gasteiger partial charge in [-0.1, -0.05) is 12.1 Å². The Morgan fingerprint density at radius 3 is 2.87 bits per heavy atom. The lowest BCUT2D eigenvalue weighted by atomic mass is 9.82. The molecule has 2 N–H and O–H groups in total. The van der Waals surface area contributed by atoms with Gasteiger partial charge in [-0.25, -0.2) is 13.4 Å². The minimum atomic E-state index is -3.72. The fraction of sp³-hybridized carbons (Fsp3) is 0.500. The van der Waals surface area contributed by atoms with Crippen LogP contribution in [0.4, 0.5) is 5.69 Å². The molecule has 0 amide bonds. The van der Waals surface area contributed by atoms with Gasteiger partial charge in [0.05, 0.1) is 25.0 Å². The molecule has 2 aliphatic heterocycles. The van der Waals surface area contributed by atoms with Crippen LogP contribution in [0.5, 0.6) is 0 Å². The molecule has 5 rings (SSSR count). The number of fused-ring (bicyclic) bond motifs is 3. The summed E-state index contributed by atoms with van der Waals surface area (Å²) in [5.74, 6) is 0.0246. The number of aryl methyl sites for hydroxylation is 1. The Balaban J connectivity index is 1.59. The predicted molar refractivity (Wildman–Crippen MR) is 115 cm³/mol. The third-order valence-corrected chi connectivity index (χ3v) is 8.51. The van der Waals surface area contributed by atoms with E-state index in [1.807, 2.05) is 6.07 Å². The molecule has 1 saturated heterocycles. The van der Waals surface area contributed by atoms with Gasteiger partial charge in [0.15, 0.2) is 5.03 Å². The highest BCUT2D eigenvalue weighted by atomic mass is 32.2. The zero-order valence-corrected chi connectivity index (χ0v) is 18.0. The van der Waals surface area contributed by atoms with E-state index < -0.39 is 10.0 Å². The van der Waals surface area contributed by atoms with Crippen LogP contribution >= 0.6 is 0 Å². The van der Waals surface area contributed by atoms with Crippen LogP contribution in [-0.2, 0) is 17.1 Å². The van der Waals surface area contributed by atoms with Crippen molar-refractivity contribution in [1.29, 1.82) is 0 Å². The van der Waals surface area contributed by atoms with Crippen molar-refractivity contribution in [3.8, 4) is 0 Å². The molecular weight excluding hydrogens is 400 g/mol. The van der Waals surface area contributed by atoms with Gasteiger partial charge < -0.3 is 15.0 Å². The first-order valence-electron chi connectivity index (χ1n) is 10.7. The largest absolute Gasteiger partial charge is 0.394 e. The summed E-state index contributed by atoms with van der Waals surface area (Å²) in [5.41, 5.74) is 4.45. The van der Waals surface area contributed by atoms with Crippen LogP contribution in [0, 0.1) is 5.92 Å². The lowest BCUT2D eigenvalue weighted by Gasteiger charge is -2.39. The van der Waals surface area contributed by atoms with Crippen molar-refractivity contribution in [2.24, 2.45) is 13.0 Å². The highest BCUT2D eigenvalue weighted by Gasteiger charge is 2.49. The molecule has 0 bridgehead atoms. The standard InChI is InChI=1S/C22H28N4O3S/c1-25-12-21(23-14-25)30(28,29)26-10-9-17-20(13-27)24-19-8-7-16(11-18(19)22(17)26)15-5-3-2-4-6-15/h5,7-8,11-12,14,17,20,22,24,27H,2-4,6,9-10,13H2,1H3/t17-,20+,22-/m1/s1. The van der Waals surface area contributed by atoms with Gasteiger partial charge >= 0.3 is 0 Å². The van der Waals surface area contributed by atoms with E-state index in [9.17, 15) is 13.5 Å². The molecule has 0 saturated carbocycles. The molecule has 2 aromatic rings. The highest BCUT2D eigenvalue weighted by molar-refractivity contribution is 7.89. The molecule has 1 aromatic heterocycles. The molecule has 1 fully saturated rings. The fourth-order valence-corrected chi connectivity index (χ4v) is 6.87. The number of nitrogens with one attached hydrogen (secondary N) is 1. The summed E-state index contributed by atoms with van der Waals surface area (Å²) >= 11 is 0. The zero-order valence-electron chi connectivity index (χ0n) is 17.2. The van der Waals surface area contributed by atoms with E-state index in [1.54, 1.807) is 22.1 Å². The first-order chi connectivity index (χ1) is 14.5. The van der Waals surface area contributed by atoms with Crippen molar-refractivity contribution < 1.29 is 13.5 Å². The Kier molecular flexibility index (Phi) is 4.95. The Morgan fingerprint density at radius 2 is 2.17 bits per heavy atom. The third kappa shape index (κ3) is 3.18. The second-order valence-corrected chi connectivity index (χ2v) is 10.4. The number of aromatic nitrogens is 2. The summed E-state index contributed by atoms with van der Waals surface area (Å²) in [6.07, 6.45) is 10.7. The van der Waals surface area contributed by atoms with Gasteiger partial charge in [0.1, 0.15) is 0 Å². The summed E-state index contributed by atoms with van der Waals surface area (Å²) in [4.78, 5) is 4.12. The fourth-order valence-electron chi connectivity index (χ4n) is 5.23. The second kappa shape index (κ2) is 7.51. The number of aliphatic hydroxyl groups excluding tert-OH is 1. The Hall–Kier alpha value is -2.16. The molecule has 1 aliphatic carbocycles. The van der Waals surface area contributed by atoms with Gasteiger partial charge in [-0.2, -0.15) is 4.31 Å². The van der Waals surface area contributed by atoms with Crippen LogP contribution < -0.4 is 5.32 Å². The Bertz CT molecular complexity index is 1090. The quantitative estimate of drug-likeness (QED) is 0.782. The molecular formula is C22H28N4O3S. The average Bonchev–Trinajstić information content (AvgIpc) is 3.41. The molecule has 0 spiro atoms. The maximum Gasteiger partial charge on any atom is 0.262 e. The van der Waals surface area contributed by atoms with Crippen LogP contribution in [0.25, 0.3) is 5.57 Å². The molecule has 8 heteroatoms. The molecule has 7 nitrogen and oxygen atoms in total. The van der Waals surface area contributed by atoms with E-state index in [4.69, 9.17) is 0 Å². The number of sulfonamides is 1. The van der Waals surface area contributed by atoms with Crippen LogP contribution in [-0.4, -0.2) is 46.6 Å². The number of rotatable bonds is 4. The average molecular weight is 429 g/mol. The van der Waals surface area contributed by atoms with E-state index in [-0.39, 0.29) is 29.6 Å². The molecule has 1 aromatic carbocycles. The SMILES string of the molecule is Cn1cnc(S(=O)(=O)N2CC[C@@H]3[C@H](CO)Nc4ccc(C5=CCCCC5)cc4[C@@H]32)c1. The molecule has 160 valence electrons. The topological polar surface area (TPSA) is 87.5 Å². The number of hydrogen-bond acceptors (Lipinski definition) is 5. The van der Waals surface area contributed by atoms with E-state index in [0.29, 0.717) is 13.0 Å². The van der Waals surface area contributed by atoms with Crippen molar-refractivity contribution in [2.75, 3.05) is 18.5 Å². The van der Waals surface area contributed by atoms with E-state index >= 15 is 0 Å². The smallest absolute Gasteiger partial charge is 0.262 e. The summed E-state index contributed by atoms with van der Waals surface area (Å²) < 4.78 is 30.2. The first kappa shape index (κ1) is 19.8. The van der Waals surface area contributed by atoms with Crippen molar-refractivity contribution >= 4 is 21.3 Å². The maximum absolute atomic E-state index is 13.4. The number of nitrogens with zero attached hydrogens (tertiary/aromatic N) is 3. The first-order valence-corrected chi connectivity index (χ1v) is 12.1. The summed E-state index contributed by atoms with van der Waals surface area (Å²) in [6, 6.07) is 5.87. The van der Waals surface area contributed by atoms with Crippen molar-refractivity contribution in [1.82, 2.24) is 13.9 Å². The van der Waals surface area contributed by atoms with E-state index in [1.165, 1.54) is 30.3 Å². The summed E-state index contributed by atoms with van der Waals surface area (Å²) in [6.45, 7) is 0.407. The van der Waals surface area contributed by atoms with Gasteiger partial charge in [0.25, 0.3) is 10.0 Å². The predicted octanol–water partition coefficient (Wildman–Crippen LogP) is 2.92. The molecule has 30 heavy (non-hydrogen) atoms. The number of hydrogen-bond donors (Lipinski definition) is 2. The normalized spacial score (nSPS) is 26.6. The van der Waals surface area contributed by atoms with Crippen LogP contribution in [0.1, 0.15) is 49.3 Å². The maximum atomic E-state index is 13.4. The second-order valence-electron chi connectivity index (χ2n) is 8.60. The van der Waals surface area contributed by atoms with Crippen molar-refractivity contribution in [3.63, 3.8) is 0 Å². The molecule has 3 atom stereocenters. The number of imidazole rings is 1. The molecule has 3 aliphatic rings. The monoisotopic (exact) mass is 428 g/mol. The van der Waals surface area contributed by atoms with Crippen molar-refractivity contribution in [2.45, 2.75) is 49.2 Å². The zero-order chi connectivity index (χ0) is 20.9. The highest BCUT2D eigenvalue weighted by Crippen LogP contribution is 2.49. The van der Waals surface area contributed by atoms with Gasteiger partial charge in [-0.15, -0.1) is 0 Å². The minimum Gasteiger partial charge on any atom is -0.394 e. The minimum absolute atomic E-state index is 0.0228. The number of allylic oxidation sites excluding steroid dienone is 2. The number of benzene rings is 1. The number of anilines is 1. The van der Waals surface area contributed by atoms with Crippen LogP contribution in [0.15, 0.2) is 41.8 Å². The van der Waals surface area contributed by atoms with Crippen molar-refractivity contribution in [3.05, 3.63) is 47.9 Å². The summed E-state index contributed by atoms with van der Waals surface area (Å²) in [7, 11) is -1.95. The third-order valence-electron chi connectivity index (χ3n) is 6.74. The van der Waals surface area contributed by atoms with Gasteiger partial charge in [-0.05, 0) is 60.9 Å². The Morgan fingerprint density at radius 1 is 1.30 bits per heavy atom. The molecule has 0 radical (unpaired) electrons. The van der Waals surface area contributed by atoms with Gasteiger partial charge in [0.2, 0.25) is 0 Å². The number of aliphatic hydroxyl groups is 1. The van der Waals surface area contributed by atoms with E-state index in [0.717, 1.165) is 24.1 Å². The van der Waals surface area contributed by atoms with Gasteiger partial charge in [-0.3, -0.25) is 0 Å². The Labute approximate surface area is 177 Å². The van der Waals surface area contributed by atoms with E-state index in [2.05, 4.69) is 28.5 Å². The lowest BCUT2D eigenvalue weighted by molar-refractivity contribution is 0.210.